The van der Waals surface area contributed by atoms with E-state index < -0.39 is 0 Å². The van der Waals surface area contributed by atoms with Crippen molar-refractivity contribution in [1.29, 1.82) is 0 Å². The zero-order valence-electron chi connectivity index (χ0n) is 11.8. The molecule has 0 bridgehead atoms. The second kappa shape index (κ2) is 6.85. The predicted molar refractivity (Wildman–Crippen MR) is 75.9 cm³/mol. The molecule has 4 nitrogen and oxygen atoms in total. The lowest BCUT2D eigenvalue weighted by molar-refractivity contribution is -0.121. The van der Waals surface area contributed by atoms with Crippen LogP contribution in [0.3, 0.4) is 0 Å². The van der Waals surface area contributed by atoms with Gasteiger partial charge in [0.1, 0.15) is 0 Å². The van der Waals surface area contributed by atoms with Crippen molar-refractivity contribution in [2.45, 2.75) is 53.1 Å². The second-order valence-electron chi connectivity index (χ2n) is 4.83. The normalized spacial score (nSPS) is 12.8. The maximum absolute atomic E-state index is 11.5. The fourth-order valence-electron chi connectivity index (χ4n) is 1.84. The number of hydrogen-bond acceptors (Lipinski definition) is 4. The fraction of sp³-hybridized carbons (Fsp3) is 0.692. The Morgan fingerprint density at radius 3 is 2.50 bits per heavy atom. The molecule has 2 N–H and O–H groups in total. The summed E-state index contributed by atoms with van der Waals surface area (Å²) in [7, 11) is 0. The van der Waals surface area contributed by atoms with Gasteiger partial charge in [0.25, 0.3) is 0 Å². The van der Waals surface area contributed by atoms with Crippen LogP contribution < -0.4 is 10.6 Å². The van der Waals surface area contributed by atoms with E-state index in [0.717, 1.165) is 10.7 Å². The van der Waals surface area contributed by atoms with Gasteiger partial charge < -0.3 is 10.6 Å². The molecule has 1 aromatic heterocycles. The smallest absolute Gasteiger partial charge is 0.221 e. The standard InChI is InChI=1S/C13H23N3OS/c1-8(2)15-12(17)6-7-14-9(3)13-10(4)16-11(5)18-13/h8-9,14H,6-7H2,1-5H3,(H,15,17). The number of hydrogen-bond donors (Lipinski definition) is 2. The summed E-state index contributed by atoms with van der Waals surface area (Å²) in [6.07, 6.45) is 0.513. The van der Waals surface area contributed by atoms with Gasteiger partial charge in [-0.3, -0.25) is 4.79 Å². The summed E-state index contributed by atoms with van der Waals surface area (Å²) in [5.41, 5.74) is 1.09. The number of nitrogens with zero attached hydrogens (tertiary/aromatic N) is 1. The molecule has 1 amide bonds. The lowest BCUT2D eigenvalue weighted by atomic mass is 10.2. The lowest BCUT2D eigenvalue weighted by Gasteiger charge is -2.13. The molecule has 0 aliphatic heterocycles. The lowest BCUT2D eigenvalue weighted by Crippen LogP contribution is -2.33. The van der Waals surface area contributed by atoms with Gasteiger partial charge >= 0.3 is 0 Å². The average Bonchev–Trinajstić information content (AvgIpc) is 2.56. The monoisotopic (exact) mass is 269 g/mol. The van der Waals surface area contributed by atoms with E-state index >= 15 is 0 Å². The Labute approximate surface area is 113 Å². The molecule has 1 rings (SSSR count). The van der Waals surface area contributed by atoms with Gasteiger partial charge in [0.2, 0.25) is 5.91 Å². The molecule has 0 saturated heterocycles. The molecule has 1 aromatic rings. The van der Waals surface area contributed by atoms with Crippen molar-refractivity contribution < 1.29 is 4.79 Å². The maximum atomic E-state index is 11.5. The van der Waals surface area contributed by atoms with Gasteiger partial charge in [-0.2, -0.15) is 0 Å². The summed E-state index contributed by atoms with van der Waals surface area (Å²) < 4.78 is 0. The van der Waals surface area contributed by atoms with E-state index in [9.17, 15) is 4.79 Å². The summed E-state index contributed by atoms with van der Waals surface area (Å²) in [5.74, 6) is 0.0990. The van der Waals surface area contributed by atoms with E-state index in [2.05, 4.69) is 22.5 Å². The molecule has 0 saturated carbocycles. The SMILES string of the molecule is Cc1nc(C)c(C(C)NCCC(=O)NC(C)C)s1. The number of rotatable bonds is 6. The van der Waals surface area contributed by atoms with Crippen molar-refractivity contribution in [2.24, 2.45) is 0 Å². The van der Waals surface area contributed by atoms with Gasteiger partial charge in [0, 0.05) is 29.9 Å². The molecule has 0 fully saturated rings. The van der Waals surface area contributed by atoms with Crippen LogP contribution in [-0.2, 0) is 4.79 Å². The van der Waals surface area contributed by atoms with E-state index in [1.54, 1.807) is 11.3 Å². The second-order valence-corrected chi connectivity index (χ2v) is 6.07. The first-order chi connectivity index (χ1) is 8.40. The van der Waals surface area contributed by atoms with Gasteiger partial charge in [0.15, 0.2) is 0 Å². The Morgan fingerprint density at radius 2 is 2.00 bits per heavy atom. The number of amides is 1. The number of carbonyl (C=O) groups is 1. The highest BCUT2D eigenvalue weighted by Gasteiger charge is 2.12. The molecule has 5 heteroatoms. The first-order valence-electron chi connectivity index (χ1n) is 6.36. The molecule has 0 spiro atoms. The van der Waals surface area contributed by atoms with Crippen LogP contribution in [0.4, 0.5) is 0 Å². The third kappa shape index (κ3) is 4.74. The third-order valence-corrected chi connectivity index (χ3v) is 3.84. The largest absolute Gasteiger partial charge is 0.354 e. The number of nitrogens with one attached hydrogen (secondary N) is 2. The highest BCUT2D eigenvalue weighted by molar-refractivity contribution is 7.11. The Balaban J connectivity index is 2.35. The zero-order valence-corrected chi connectivity index (χ0v) is 12.6. The summed E-state index contributed by atoms with van der Waals surface area (Å²) in [4.78, 5) is 17.2. The quantitative estimate of drug-likeness (QED) is 0.833. The fourth-order valence-corrected chi connectivity index (χ4v) is 2.79. The van der Waals surface area contributed by atoms with Crippen LogP contribution in [0.1, 0.15) is 48.8 Å². The van der Waals surface area contributed by atoms with Crippen LogP contribution in [0.2, 0.25) is 0 Å². The molecule has 102 valence electrons. The van der Waals surface area contributed by atoms with Crippen molar-refractivity contribution >= 4 is 17.2 Å². The Bertz CT molecular complexity index is 401. The van der Waals surface area contributed by atoms with Gasteiger partial charge in [-0.1, -0.05) is 0 Å². The van der Waals surface area contributed by atoms with Crippen LogP contribution in [0.5, 0.6) is 0 Å². The van der Waals surface area contributed by atoms with E-state index in [-0.39, 0.29) is 18.0 Å². The molecule has 0 aliphatic carbocycles. The third-order valence-electron chi connectivity index (χ3n) is 2.58. The highest BCUT2D eigenvalue weighted by Crippen LogP contribution is 2.24. The van der Waals surface area contributed by atoms with Gasteiger partial charge in [0.05, 0.1) is 10.7 Å². The van der Waals surface area contributed by atoms with E-state index in [0.29, 0.717) is 13.0 Å². The first kappa shape index (κ1) is 15.1. The Kier molecular flexibility index (Phi) is 5.75. The number of thiazole rings is 1. The molecule has 0 radical (unpaired) electrons. The number of aromatic nitrogens is 1. The van der Waals surface area contributed by atoms with E-state index in [1.165, 1.54) is 4.88 Å². The van der Waals surface area contributed by atoms with Crippen molar-refractivity contribution in [1.82, 2.24) is 15.6 Å². The van der Waals surface area contributed by atoms with E-state index in [1.807, 2.05) is 27.7 Å². The molecular weight excluding hydrogens is 246 g/mol. The molecule has 18 heavy (non-hydrogen) atoms. The van der Waals surface area contributed by atoms with Crippen LogP contribution in [-0.4, -0.2) is 23.5 Å². The van der Waals surface area contributed by atoms with Crippen molar-refractivity contribution in [3.05, 3.63) is 15.6 Å². The van der Waals surface area contributed by atoms with Gasteiger partial charge in [-0.05, 0) is 34.6 Å². The minimum absolute atomic E-state index is 0.0990. The summed E-state index contributed by atoms with van der Waals surface area (Å²) in [6.45, 7) is 10.8. The van der Waals surface area contributed by atoms with E-state index in [4.69, 9.17) is 0 Å². The van der Waals surface area contributed by atoms with Crippen molar-refractivity contribution in [3.63, 3.8) is 0 Å². The maximum Gasteiger partial charge on any atom is 0.221 e. The summed E-state index contributed by atoms with van der Waals surface area (Å²) >= 11 is 1.72. The Hall–Kier alpha value is -0.940. The molecule has 0 aromatic carbocycles. The topological polar surface area (TPSA) is 54.0 Å². The van der Waals surface area contributed by atoms with Crippen molar-refractivity contribution in [3.8, 4) is 0 Å². The highest BCUT2D eigenvalue weighted by atomic mass is 32.1. The first-order valence-corrected chi connectivity index (χ1v) is 7.18. The number of carbonyl (C=O) groups excluding carboxylic acids is 1. The molecule has 1 atom stereocenters. The zero-order chi connectivity index (χ0) is 13.7. The minimum atomic E-state index is 0.0990. The van der Waals surface area contributed by atoms with Gasteiger partial charge in [-0.15, -0.1) is 11.3 Å². The minimum Gasteiger partial charge on any atom is -0.354 e. The van der Waals surface area contributed by atoms with Crippen LogP contribution in [0.25, 0.3) is 0 Å². The molecular formula is C13H23N3OS. The average molecular weight is 269 g/mol. The Morgan fingerprint density at radius 1 is 1.33 bits per heavy atom. The van der Waals surface area contributed by atoms with Crippen LogP contribution >= 0.6 is 11.3 Å². The predicted octanol–water partition coefficient (Wildman–Crippen LogP) is 2.33. The molecule has 1 unspecified atom stereocenters. The molecule has 0 aliphatic rings. The number of aryl methyl sites for hydroxylation is 2. The summed E-state index contributed by atoms with van der Waals surface area (Å²) in [5, 5.41) is 7.34. The molecule has 1 heterocycles. The van der Waals surface area contributed by atoms with Crippen molar-refractivity contribution in [2.75, 3.05) is 6.54 Å². The van der Waals surface area contributed by atoms with Crippen LogP contribution in [0.15, 0.2) is 0 Å². The van der Waals surface area contributed by atoms with Crippen LogP contribution in [0, 0.1) is 13.8 Å². The van der Waals surface area contributed by atoms with Gasteiger partial charge in [-0.25, -0.2) is 4.98 Å². The summed E-state index contributed by atoms with van der Waals surface area (Å²) in [6, 6.07) is 0.462.